The van der Waals surface area contributed by atoms with Crippen LogP contribution in [0.1, 0.15) is 44.2 Å². The summed E-state index contributed by atoms with van der Waals surface area (Å²) in [6.07, 6.45) is 0.536. The zero-order valence-corrected chi connectivity index (χ0v) is 18.8. The second-order valence-corrected chi connectivity index (χ2v) is 8.12. The summed E-state index contributed by atoms with van der Waals surface area (Å²) < 4.78 is 10.2. The van der Waals surface area contributed by atoms with Crippen LogP contribution in [0.15, 0.2) is 24.3 Å². The van der Waals surface area contributed by atoms with Crippen molar-refractivity contribution >= 4 is 17.7 Å². The minimum Gasteiger partial charge on any atom is -0.385 e. The number of methoxy groups -OCH3 is 2. The first-order valence-corrected chi connectivity index (χ1v) is 10.5. The van der Waals surface area contributed by atoms with Crippen molar-refractivity contribution in [1.29, 1.82) is 0 Å². The molecule has 1 aliphatic rings. The number of rotatable bonds is 11. The molecule has 30 heavy (non-hydrogen) atoms. The van der Waals surface area contributed by atoms with Gasteiger partial charge in [-0.2, -0.15) is 0 Å². The third-order valence-electron chi connectivity index (χ3n) is 5.73. The van der Waals surface area contributed by atoms with Crippen molar-refractivity contribution < 1.29 is 23.9 Å². The fourth-order valence-electron chi connectivity index (χ4n) is 4.17. The summed E-state index contributed by atoms with van der Waals surface area (Å²) in [6, 6.07) is 7.49. The highest BCUT2D eigenvalue weighted by molar-refractivity contribution is 6.11. The van der Waals surface area contributed by atoms with Crippen LogP contribution in [-0.4, -0.2) is 74.1 Å². The molecule has 0 unspecified atom stereocenters. The van der Waals surface area contributed by atoms with Crippen LogP contribution in [0.25, 0.3) is 0 Å². The average Bonchev–Trinajstić information content (AvgIpc) is 2.93. The van der Waals surface area contributed by atoms with Crippen molar-refractivity contribution in [2.45, 2.75) is 51.5 Å². The molecule has 166 valence electrons. The van der Waals surface area contributed by atoms with Crippen LogP contribution >= 0.6 is 0 Å². The summed E-state index contributed by atoms with van der Waals surface area (Å²) in [6.45, 7) is 7.40. The first-order valence-electron chi connectivity index (χ1n) is 10.5. The van der Waals surface area contributed by atoms with E-state index in [4.69, 9.17) is 9.47 Å². The van der Waals surface area contributed by atoms with E-state index in [1.165, 1.54) is 4.90 Å². The minimum absolute atomic E-state index is 0.00558. The molecule has 0 radical (unpaired) electrons. The molecule has 1 saturated heterocycles. The van der Waals surface area contributed by atoms with Crippen LogP contribution in [0.5, 0.6) is 0 Å². The van der Waals surface area contributed by atoms with E-state index in [-0.39, 0.29) is 36.6 Å². The van der Waals surface area contributed by atoms with Gasteiger partial charge in [-0.05, 0) is 38.3 Å². The van der Waals surface area contributed by atoms with Gasteiger partial charge in [-0.15, -0.1) is 0 Å². The van der Waals surface area contributed by atoms with Crippen LogP contribution in [-0.2, 0) is 29.3 Å². The number of nitrogens with zero attached hydrogens (tertiary/aromatic N) is 2. The first-order chi connectivity index (χ1) is 14.3. The summed E-state index contributed by atoms with van der Waals surface area (Å²) in [4.78, 5) is 42.8. The number of carbonyl (C=O) groups is 3. The lowest BCUT2D eigenvalue weighted by atomic mass is 9.73. The molecule has 0 aliphatic carbocycles. The molecule has 3 amide bonds. The Balaban J connectivity index is 2.41. The maximum Gasteiger partial charge on any atom is 0.240 e. The Morgan fingerprint density at radius 2 is 1.83 bits per heavy atom. The van der Waals surface area contributed by atoms with Gasteiger partial charge in [0, 0.05) is 52.8 Å². The van der Waals surface area contributed by atoms with Gasteiger partial charge in [0.25, 0.3) is 0 Å². The molecule has 1 heterocycles. The van der Waals surface area contributed by atoms with Gasteiger partial charge in [0.1, 0.15) is 0 Å². The fraction of sp³-hybridized carbons (Fsp3) is 0.609. The normalized spacial score (nSPS) is 19.1. The minimum atomic E-state index is -1.17. The fourth-order valence-corrected chi connectivity index (χ4v) is 4.17. The molecule has 1 aromatic carbocycles. The number of hydrogen-bond donors (Lipinski definition) is 0. The highest BCUT2D eigenvalue weighted by atomic mass is 16.5. The van der Waals surface area contributed by atoms with Gasteiger partial charge in [0.15, 0.2) is 0 Å². The molecule has 0 N–H and O–H groups in total. The maximum atomic E-state index is 13.6. The van der Waals surface area contributed by atoms with E-state index in [9.17, 15) is 14.4 Å². The Kier molecular flexibility index (Phi) is 8.55. The Hall–Kier alpha value is -2.25. The number of imide groups is 1. The van der Waals surface area contributed by atoms with Gasteiger partial charge in [0.2, 0.25) is 17.7 Å². The van der Waals surface area contributed by atoms with Crippen LogP contribution in [0.3, 0.4) is 0 Å². The summed E-state index contributed by atoms with van der Waals surface area (Å²) in [5, 5.41) is 0. The van der Waals surface area contributed by atoms with E-state index in [0.717, 1.165) is 11.1 Å². The number of benzene rings is 1. The lowest BCUT2D eigenvalue weighted by Crippen LogP contribution is -2.46. The second kappa shape index (κ2) is 10.7. The topological polar surface area (TPSA) is 76.2 Å². The summed E-state index contributed by atoms with van der Waals surface area (Å²) in [7, 11) is 3.18. The lowest BCUT2D eigenvalue weighted by Gasteiger charge is -2.33. The van der Waals surface area contributed by atoms with E-state index in [0.29, 0.717) is 32.7 Å². The molecule has 7 nitrogen and oxygen atoms in total. The van der Waals surface area contributed by atoms with Crippen molar-refractivity contribution in [2.24, 2.45) is 0 Å². The zero-order chi connectivity index (χ0) is 22.3. The third-order valence-corrected chi connectivity index (χ3v) is 5.73. The molecule has 1 aromatic rings. The van der Waals surface area contributed by atoms with Gasteiger partial charge in [-0.3, -0.25) is 19.3 Å². The number of hydrogen-bond acceptors (Lipinski definition) is 5. The van der Waals surface area contributed by atoms with E-state index in [1.54, 1.807) is 19.1 Å². The summed E-state index contributed by atoms with van der Waals surface area (Å²) >= 11 is 0. The standard InChI is InChI=1S/C23H34N2O5/c1-17(2)24(12-14-30-5)20(26)15-23(19-10-7-6-9-18(19)3)16-21(27)25(22(23)28)11-8-13-29-4/h6-7,9-10,17H,8,11-16H2,1-5H3/t23-/m0/s1. The van der Waals surface area contributed by atoms with Crippen molar-refractivity contribution in [3.63, 3.8) is 0 Å². The van der Waals surface area contributed by atoms with E-state index >= 15 is 0 Å². The molecular formula is C23H34N2O5. The third kappa shape index (κ3) is 5.08. The molecule has 1 atom stereocenters. The lowest BCUT2D eigenvalue weighted by molar-refractivity contribution is -0.143. The quantitative estimate of drug-likeness (QED) is 0.407. The highest BCUT2D eigenvalue weighted by Gasteiger charge is 2.54. The molecule has 0 bridgehead atoms. The number of likely N-dealkylation sites (tertiary alicyclic amines) is 1. The smallest absolute Gasteiger partial charge is 0.240 e. The van der Waals surface area contributed by atoms with Crippen molar-refractivity contribution in [3.8, 4) is 0 Å². The van der Waals surface area contributed by atoms with Gasteiger partial charge >= 0.3 is 0 Å². The second-order valence-electron chi connectivity index (χ2n) is 8.12. The first kappa shape index (κ1) is 24.0. The van der Waals surface area contributed by atoms with E-state index in [1.807, 2.05) is 45.0 Å². The van der Waals surface area contributed by atoms with Gasteiger partial charge in [-0.25, -0.2) is 0 Å². The SMILES string of the molecule is COCCCN1C(=O)C[C@@](CC(=O)N(CCOC)C(C)C)(c2ccccc2C)C1=O. The molecule has 1 fully saturated rings. The number of aryl methyl sites for hydroxylation is 1. The average molecular weight is 419 g/mol. The van der Waals surface area contributed by atoms with E-state index in [2.05, 4.69) is 0 Å². The number of ether oxygens (including phenoxy) is 2. The Bertz CT molecular complexity index is 764. The monoisotopic (exact) mass is 418 g/mol. The molecule has 1 aliphatic heterocycles. The molecule has 7 heteroatoms. The Labute approximate surface area is 179 Å². The molecule has 0 spiro atoms. The largest absolute Gasteiger partial charge is 0.385 e. The van der Waals surface area contributed by atoms with Crippen molar-refractivity contribution in [1.82, 2.24) is 9.80 Å². The predicted octanol–water partition coefficient (Wildman–Crippen LogP) is 2.30. The number of carbonyl (C=O) groups excluding carboxylic acids is 3. The molecular weight excluding hydrogens is 384 g/mol. The zero-order valence-electron chi connectivity index (χ0n) is 18.8. The van der Waals surface area contributed by atoms with Gasteiger partial charge in [0.05, 0.1) is 12.0 Å². The van der Waals surface area contributed by atoms with Crippen LogP contribution in [0, 0.1) is 6.92 Å². The van der Waals surface area contributed by atoms with E-state index < -0.39 is 5.41 Å². The van der Waals surface area contributed by atoms with Crippen LogP contribution in [0.4, 0.5) is 0 Å². The van der Waals surface area contributed by atoms with Crippen LogP contribution < -0.4 is 0 Å². The maximum absolute atomic E-state index is 13.6. The highest BCUT2D eigenvalue weighted by Crippen LogP contribution is 2.41. The van der Waals surface area contributed by atoms with Gasteiger partial charge in [-0.1, -0.05) is 24.3 Å². The molecule has 0 aromatic heterocycles. The molecule has 2 rings (SSSR count). The van der Waals surface area contributed by atoms with Crippen molar-refractivity contribution in [3.05, 3.63) is 35.4 Å². The van der Waals surface area contributed by atoms with Gasteiger partial charge < -0.3 is 14.4 Å². The predicted molar refractivity (Wildman–Crippen MR) is 114 cm³/mol. The number of amides is 3. The Morgan fingerprint density at radius 3 is 2.43 bits per heavy atom. The van der Waals surface area contributed by atoms with Crippen molar-refractivity contribution in [2.75, 3.05) is 40.5 Å². The summed E-state index contributed by atoms with van der Waals surface area (Å²) in [5.74, 6) is -0.674. The van der Waals surface area contributed by atoms with Crippen LogP contribution in [0.2, 0.25) is 0 Å². The summed E-state index contributed by atoms with van der Waals surface area (Å²) in [5.41, 5.74) is 0.479. The Morgan fingerprint density at radius 1 is 1.17 bits per heavy atom. The molecule has 0 saturated carbocycles.